The summed E-state index contributed by atoms with van der Waals surface area (Å²) in [5.41, 5.74) is 5.36. The molecule has 4 aromatic rings. The second kappa shape index (κ2) is 14.5. The van der Waals surface area contributed by atoms with Crippen molar-refractivity contribution in [1.82, 2.24) is 16.1 Å². The highest BCUT2D eigenvalue weighted by Crippen LogP contribution is 2.16. The average Bonchev–Trinajstić information content (AvgIpc) is 2.99. The van der Waals surface area contributed by atoms with Gasteiger partial charge in [-0.1, -0.05) is 91.0 Å². The number of hydrogen-bond donors (Lipinski definition) is 3. The van der Waals surface area contributed by atoms with Crippen molar-refractivity contribution in [1.29, 1.82) is 0 Å². The SMILES string of the molecule is CC(C)=NNC(=O)[C@H](COCc1ccccc1)NC(=O)[C@H](Cc1ccccc1)NC(=O)c1ccc2ccccc2c1. The molecule has 0 saturated heterocycles. The molecule has 0 aliphatic heterocycles. The van der Waals surface area contributed by atoms with Gasteiger partial charge in [0, 0.05) is 17.7 Å². The second-order valence-electron chi connectivity index (χ2n) is 9.87. The van der Waals surface area contributed by atoms with Crippen LogP contribution in [0.4, 0.5) is 0 Å². The summed E-state index contributed by atoms with van der Waals surface area (Å²) < 4.78 is 5.79. The maximum atomic E-state index is 13.6. The van der Waals surface area contributed by atoms with Gasteiger partial charge in [0.15, 0.2) is 0 Å². The van der Waals surface area contributed by atoms with E-state index in [2.05, 4.69) is 21.2 Å². The van der Waals surface area contributed by atoms with Gasteiger partial charge in [0.2, 0.25) is 5.91 Å². The van der Waals surface area contributed by atoms with Crippen LogP contribution in [-0.4, -0.2) is 42.1 Å². The van der Waals surface area contributed by atoms with E-state index in [9.17, 15) is 14.4 Å². The highest BCUT2D eigenvalue weighted by Gasteiger charge is 2.28. The first-order chi connectivity index (χ1) is 19.9. The van der Waals surface area contributed by atoms with E-state index in [4.69, 9.17) is 4.74 Å². The summed E-state index contributed by atoms with van der Waals surface area (Å²) in [6, 6.07) is 30.1. The van der Waals surface area contributed by atoms with E-state index >= 15 is 0 Å². The molecular formula is C33H34N4O4. The van der Waals surface area contributed by atoms with Crippen LogP contribution in [-0.2, 0) is 27.4 Å². The summed E-state index contributed by atoms with van der Waals surface area (Å²) >= 11 is 0. The second-order valence-corrected chi connectivity index (χ2v) is 9.87. The number of fused-ring (bicyclic) bond motifs is 1. The maximum absolute atomic E-state index is 13.6. The lowest BCUT2D eigenvalue weighted by Crippen LogP contribution is -2.55. The maximum Gasteiger partial charge on any atom is 0.265 e. The Morgan fingerprint density at radius 3 is 2.02 bits per heavy atom. The lowest BCUT2D eigenvalue weighted by Gasteiger charge is -2.23. The van der Waals surface area contributed by atoms with Crippen molar-refractivity contribution in [3.8, 4) is 0 Å². The van der Waals surface area contributed by atoms with Gasteiger partial charge in [-0.25, -0.2) is 5.43 Å². The summed E-state index contributed by atoms with van der Waals surface area (Å²) in [7, 11) is 0. The zero-order valence-electron chi connectivity index (χ0n) is 23.2. The number of amides is 3. The molecule has 3 N–H and O–H groups in total. The molecule has 0 fully saturated rings. The van der Waals surface area contributed by atoms with Crippen molar-refractivity contribution >= 4 is 34.2 Å². The molecule has 210 valence electrons. The topological polar surface area (TPSA) is 109 Å². The lowest BCUT2D eigenvalue weighted by molar-refractivity contribution is -0.131. The molecule has 2 atom stereocenters. The predicted octanol–water partition coefficient (Wildman–Crippen LogP) is 4.39. The van der Waals surface area contributed by atoms with Gasteiger partial charge in [-0.3, -0.25) is 14.4 Å². The van der Waals surface area contributed by atoms with Crippen LogP contribution in [0.3, 0.4) is 0 Å². The van der Waals surface area contributed by atoms with Crippen molar-refractivity contribution in [3.63, 3.8) is 0 Å². The first-order valence-electron chi connectivity index (χ1n) is 13.5. The van der Waals surface area contributed by atoms with Crippen LogP contribution in [0.5, 0.6) is 0 Å². The summed E-state index contributed by atoms with van der Waals surface area (Å²) in [6.07, 6.45) is 0.234. The number of nitrogens with zero attached hydrogens (tertiary/aromatic N) is 1. The quantitative estimate of drug-likeness (QED) is 0.180. The fourth-order valence-corrected chi connectivity index (χ4v) is 4.20. The minimum atomic E-state index is -1.04. The molecule has 0 unspecified atom stereocenters. The fraction of sp³-hybridized carbons (Fsp3) is 0.212. The Balaban J connectivity index is 1.51. The van der Waals surface area contributed by atoms with E-state index in [0.29, 0.717) is 11.3 Å². The van der Waals surface area contributed by atoms with E-state index in [-0.39, 0.29) is 25.5 Å². The lowest BCUT2D eigenvalue weighted by atomic mass is 10.0. The van der Waals surface area contributed by atoms with Crippen molar-refractivity contribution < 1.29 is 19.1 Å². The molecule has 8 nitrogen and oxygen atoms in total. The van der Waals surface area contributed by atoms with Gasteiger partial charge in [0.05, 0.1) is 13.2 Å². The molecule has 0 heterocycles. The predicted molar refractivity (Wildman–Crippen MR) is 160 cm³/mol. The Labute approximate surface area is 239 Å². The summed E-state index contributed by atoms with van der Waals surface area (Å²) in [5, 5.41) is 11.6. The van der Waals surface area contributed by atoms with Crippen LogP contribution < -0.4 is 16.1 Å². The highest BCUT2D eigenvalue weighted by atomic mass is 16.5. The van der Waals surface area contributed by atoms with Crippen molar-refractivity contribution in [2.45, 2.75) is 39.0 Å². The smallest absolute Gasteiger partial charge is 0.265 e. The van der Waals surface area contributed by atoms with E-state index in [1.165, 1.54) is 0 Å². The molecule has 4 rings (SSSR count). The third kappa shape index (κ3) is 8.84. The minimum Gasteiger partial charge on any atom is -0.374 e. The van der Waals surface area contributed by atoms with E-state index in [1.54, 1.807) is 26.0 Å². The summed E-state index contributed by atoms with van der Waals surface area (Å²) in [4.78, 5) is 39.9. The largest absolute Gasteiger partial charge is 0.374 e. The van der Waals surface area contributed by atoms with Gasteiger partial charge < -0.3 is 15.4 Å². The Morgan fingerprint density at radius 2 is 1.34 bits per heavy atom. The number of hydrazone groups is 1. The molecule has 8 heteroatoms. The number of hydrogen-bond acceptors (Lipinski definition) is 5. The molecule has 0 bridgehead atoms. The normalized spacial score (nSPS) is 12.1. The Morgan fingerprint density at radius 1 is 0.707 bits per heavy atom. The first kappa shape index (κ1) is 29.2. The average molecular weight is 551 g/mol. The van der Waals surface area contributed by atoms with Crippen LogP contribution in [0, 0.1) is 0 Å². The highest BCUT2D eigenvalue weighted by molar-refractivity contribution is 6.01. The number of rotatable bonds is 12. The molecular weight excluding hydrogens is 516 g/mol. The molecule has 41 heavy (non-hydrogen) atoms. The monoisotopic (exact) mass is 550 g/mol. The van der Waals surface area contributed by atoms with Gasteiger partial charge in [0.25, 0.3) is 11.8 Å². The van der Waals surface area contributed by atoms with Crippen LogP contribution >= 0.6 is 0 Å². The molecule has 0 aromatic heterocycles. The third-order valence-electron chi connectivity index (χ3n) is 6.33. The van der Waals surface area contributed by atoms with Gasteiger partial charge in [0.1, 0.15) is 12.1 Å². The van der Waals surface area contributed by atoms with Crippen LogP contribution in [0.15, 0.2) is 108 Å². The standard InChI is InChI=1S/C33H34N4O4/c1-23(2)36-37-33(40)30(22-41-21-25-13-7-4-8-14-25)35-32(39)29(19-24-11-5-3-6-12-24)34-31(38)28-18-17-26-15-9-10-16-27(26)20-28/h3-18,20,29-30H,19,21-22H2,1-2H3,(H,34,38)(H,35,39)(H,37,40)/t29-,30-/m0/s1. The molecule has 3 amide bonds. The Kier molecular flexibility index (Phi) is 10.3. The number of nitrogens with one attached hydrogen (secondary N) is 3. The van der Waals surface area contributed by atoms with E-state index in [0.717, 1.165) is 21.9 Å². The molecule has 0 aliphatic rings. The van der Waals surface area contributed by atoms with Crippen LogP contribution in [0.25, 0.3) is 10.8 Å². The number of ether oxygens (including phenoxy) is 1. The Hall–Kier alpha value is -4.82. The third-order valence-corrected chi connectivity index (χ3v) is 6.33. The molecule has 0 radical (unpaired) electrons. The van der Waals surface area contributed by atoms with E-state index in [1.807, 2.05) is 91.0 Å². The number of carbonyl (C=O) groups is 3. The minimum absolute atomic E-state index is 0.0819. The first-order valence-corrected chi connectivity index (χ1v) is 13.5. The molecule has 4 aromatic carbocycles. The number of carbonyl (C=O) groups excluding carboxylic acids is 3. The number of benzene rings is 4. The fourth-order valence-electron chi connectivity index (χ4n) is 4.20. The molecule has 0 saturated carbocycles. The Bertz CT molecular complexity index is 1500. The summed E-state index contributed by atoms with van der Waals surface area (Å²) in [6.45, 7) is 3.68. The zero-order chi connectivity index (χ0) is 29.0. The molecule has 0 spiro atoms. The van der Waals surface area contributed by atoms with Crippen LogP contribution in [0.2, 0.25) is 0 Å². The zero-order valence-corrected chi connectivity index (χ0v) is 23.2. The summed E-state index contributed by atoms with van der Waals surface area (Å²) in [5.74, 6) is -1.42. The van der Waals surface area contributed by atoms with Crippen LogP contribution in [0.1, 0.15) is 35.3 Å². The van der Waals surface area contributed by atoms with Gasteiger partial charge in [-0.05, 0) is 47.9 Å². The van der Waals surface area contributed by atoms with Crippen molar-refractivity contribution in [2.75, 3.05) is 6.61 Å². The van der Waals surface area contributed by atoms with Crippen molar-refractivity contribution in [3.05, 3.63) is 120 Å². The van der Waals surface area contributed by atoms with Crippen molar-refractivity contribution in [2.24, 2.45) is 5.10 Å². The molecule has 0 aliphatic carbocycles. The van der Waals surface area contributed by atoms with Gasteiger partial charge in [-0.15, -0.1) is 0 Å². The van der Waals surface area contributed by atoms with Gasteiger partial charge >= 0.3 is 0 Å². The van der Waals surface area contributed by atoms with E-state index < -0.39 is 23.9 Å². The van der Waals surface area contributed by atoms with Gasteiger partial charge in [-0.2, -0.15) is 5.10 Å².